The molecule has 1 aromatic carbocycles. The molecule has 0 amide bonds. The highest BCUT2D eigenvalue weighted by molar-refractivity contribution is 6.01. The van der Waals surface area contributed by atoms with Crippen LogP contribution in [-0.4, -0.2) is 87.7 Å². The lowest BCUT2D eigenvalue weighted by Gasteiger charge is -2.34. The summed E-state index contributed by atoms with van der Waals surface area (Å²) in [6.07, 6.45) is 1.57. The molecular weight excluding hydrogens is 620 g/mol. The largest absolute Gasteiger partial charge is 0.468 e. The summed E-state index contributed by atoms with van der Waals surface area (Å²) < 4.78 is 43.8. The second-order valence-electron chi connectivity index (χ2n) is 11.4. The summed E-state index contributed by atoms with van der Waals surface area (Å²) in [6, 6.07) is 3.58. The van der Waals surface area contributed by atoms with Crippen LogP contribution in [0.1, 0.15) is 62.2 Å². The van der Waals surface area contributed by atoms with Crippen LogP contribution >= 0.6 is 0 Å². The number of carbonyl (C=O) groups excluding carboxylic acids is 6. The Bertz CT molecular complexity index is 1460. The van der Waals surface area contributed by atoms with E-state index in [1.165, 1.54) is 41.9 Å². The van der Waals surface area contributed by atoms with Crippen molar-refractivity contribution >= 4 is 35.8 Å². The van der Waals surface area contributed by atoms with Gasteiger partial charge in [-0.1, -0.05) is 18.2 Å². The summed E-state index contributed by atoms with van der Waals surface area (Å²) in [6.45, 7) is 4.58. The highest BCUT2D eigenvalue weighted by Crippen LogP contribution is 2.45. The third kappa shape index (κ3) is 8.06. The zero-order valence-electron chi connectivity index (χ0n) is 27.0. The molecule has 2 aliphatic heterocycles. The Hall–Kier alpha value is -4.56. The molecule has 14 heteroatoms. The van der Waals surface area contributed by atoms with Crippen LogP contribution in [0, 0.1) is 5.41 Å². The summed E-state index contributed by atoms with van der Waals surface area (Å²) >= 11 is 0. The predicted octanol–water partition coefficient (Wildman–Crippen LogP) is 2.10. The van der Waals surface area contributed by atoms with E-state index in [2.05, 4.69) is 0 Å². The summed E-state index contributed by atoms with van der Waals surface area (Å²) in [5.41, 5.74) is 0.736. The van der Waals surface area contributed by atoms with Crippen molar-refractivity contribution in [3.8, 4) is 0 Å². The molecule has 47 heavy (non-hydrogen) atoms. The second kappa shape index (κ2) is 14.9. The Morgan fingerprint density at radius 3 is 1.64 bits per heavy atom. The summed E-state index contributed by atoms with van der Waals surface area (Å²) in [5, 5.41) is 0. The molecule has 0 fully saturated rings. The van der Waals surface area contributed by atoms with E-state index in [9.17, 15) is 28.8 Å². The minimum Gasteiger partial charge on any atom is -0.468 e. The first-order valence-corrected chi connectivity index (χ1v) is 14.9. The third-order valence-corrected chi connectivity index (χ3v) is 7.99. The van der Waals surface area contributed by atoms with E-state index in [1.807, 2.05) is 0 Å². The average molecular weight is 659 g/mol. The molecule has 0 spiro atoms. The number of carbonyl (C=O) groups is 6. The van der Waals surface area contributed by atoms with Gasteiger partial charge < -0.3 is 37.9 Å². The molecule has 6 atom stereocenters. The first kappa shape index (κ1) is 35.3. The van der Waals surface area contributed by atoms with Gasteiger partial charge in [0.05, 0.1) is 14.2 Å². The van der Waals surface area contributed by atoms with Crippen molar-refractivity contribution in [2.24, 2.45) is 5.41 Å². The van der Waals surface area contributed by atoms with Gasteiger partial charge in [0.15, 0.2) is 5.41 Å². The number of hydrogen-bond acceptors (Lipinski definition) is 14. The Labute approximate surface area is 271 Å². The third-order valence-electron chi connectivity index (χ3n) is 7.99. The van der Waals surface area contributed by atoms with Gasteiger partial charge in [-0.05, 0) is 46.9 Å². The molecule has 0 aromatic heterocycles. The molecule has 4 rings (SSSR count). The number of methoxy groups -OCH3 is 2. The Kier molecular flexibility index (Phi) is 11.2. The van der Waals surface area contributed by atoms with Gasteiger partial charge in [0.25, 0.3) is 0 Å². The zero-order valence-corrected chi connectivity index (χ0v) is 27.0. The lowest BCUT2D eigenvalue weighted by atomic mass is 9.84. The van der Waals surface area contributed by atoms with E-state index >= 15 is 0 Å². The van der Waals surface area contributed by atoms with Crippen LogP contribution in [0.5, 0.6) is 0 Å². The molecule has 0 N–H and O–H groups in total. The van der Waals surface area contributed by atoms with Crippen molar-refractivity contribution in [3.63, 3.8) is 0 Å². The average Bonchev–Trinajstić information content (AvgIpc) is 3.43. The monoisotopic (exact) mass is 658 g/mol. The first-order valence-electron chi connectivity index (χ1n) is 14.9. The quantitative estimate of drug-likeness (QED) is 0.155. The normalized spacial score (nSPS) is 25.6. The molecule has 1 aromatic rings. The smallest absolute Gasteiger partial charge is 0.323 e. The fourth-order valence-corrected chi connectivity index (χ4v) is 5.96. The van der Waals surface area contributed by atoms with Crippen molar-refractivity contribution in [2.75, 3.05) is 27.4 Å². The molecule has 254 valence electrons. The molecule has 2 heterocycles. The van der Waals surface area contributed by atoms with Crippen LogP contribution in [-0.2, 0) is 79.5 Å². The van der Waals surface area contributed by atoms with E-state index in [4.69, 9.17) is 37.9 Å². The number of esters is 6. The van der Waals surface area contributed by atoms with E-state index in [0.717, 1.165) is 0 Å². The van der Waals surface area contributed by atoms with Crippen LogP contribution < -0.4 is 0 Å². The molecular formula is C33H38O14. The minimum absolute atomic E-state index is 0.0463. The number of benzene rings is 1. The van der Waals surface area contributed by atoms with Crippen LogP contribution in [0.2, 0.25) is 0 Å². The maximum atomic E-state index is 13.1. The number of rotatable bonds is 10. The van der Waals surface area contributed by atoms with Crippen molar-refractivity contribution in [3.05, 3.63) is 58.7 Å². The molecule has 3 aliphatic rings. The number of fused-ring (bicyclic) bond motifs is 1. The first-order chi connectivity index (χ1) is 22.3. The van der Waals surface area contributed by atoms with E-state index in [0.29, 0.717) is 22.3 Å². The van der Waals surface area contributed by atoms with Crippen molar-refractivity contribution in [1.29, 1.82) is 0 Å². The van der Waals surface area contributed by atoms with Gasteiger partial charge in [-0.25, -0.2) is 0 Å². The van der Waals surface area contributed by atoms with Crippen LogP contribution in [0.15, 0.2) is 36.4 Å². The number of hydrogen-bond donors (Lipinski definition) is 0. The second-order valence-corrected chi connectivity index (χ2v) is 11.4. The summed E-state index contributed by atoms with van der Waals surface area (Å²) in [7, 11) is 2.38. The fraction of sp³-hybridized carbons (Fsp3) is 0.515. The lowest BCUT2D eigenvalue weighted by Crippen LogP contribution is -2.42. The van der Waals surface area contributed by atoms with Crippen molar-refractivity contribution in [2.45, 2.75) is 77.2 Å². The fourth-order valence-electron chi connectivity index (χ4n) is 5.96. The van der Waals surface area contributed by atoms with Gasteiger partial charge in [0.2, 0.25) is 0 Å². The van der Waals surface area contributed by atoms with Gasteiger partial charge in [0, 0.05) is 34.1 Å². The maximum Gasteiger partial charge on any atom is 0.323 e. The predicted molar refractivity (Wildman–Crippen MR) is 158 cm³/mol. The minimum atomic E-state index is -1.67. The molecule has 0 bridgehead atoms. The molecule has 0 saturated carbocycles. The van der Waals surface area contributed by atoms with Gasteiger partial charge in [-0.2, -0.15) is 0 Å². The maximum absolute atomic E-state index is 13.1. The van der Waals surface area contributed by atoms with Gasteiger partial charge in [-0.3, -0.25) is 28.8 Å². The van der Waals surface area contributed by atoms with Crippen molar-refractivity contribution in [1.82, 2.24) is 0 Å². The highest BCUT2D eigenvalue weighted by atomic mass is 16.6. The molecule has 1 aliphatic carbocycles. The Balaban J connectivity index is 1.80. The molecule has 0 unspecified atom stereocenters. The standard InChI is InChI=1S/C33H38O14/c1-17(34)42-15-29-27(44-19(3)36)9-7-25(46-29)21-11-22-13-33(31(38)40-5,32(39)41-6)14-24(22)23(12-21)26-8-10-28(45-20(4)37)30(47-26)16-43-18(2)35/h7-12,25-30H,13-16H2,1-6H3/t25-,26-,27-,28-,29+,30+/m0/s1. The molecule has 0 radical (unpaired) electrons. The number of ether oxygens (including phenoxy) is 8. The summed E-state index contributed by atoms with van der Waals surface area (Å²) in [5.74, 6) is -3.74. The van der Waals surface area contributed by atoms with Crippen LogP contribution in [0.25, 0.3) is 0 Å². The van der Waals surface area contributed by atoms with Crippen LogP contribution in [0.4, 0.5) is 0 Å². The Morgan fingerprint density at radius 2 is 1.17 bits per heavy atom. The van der Waals surface area contributed by atoms with Gasteiger partial charge in [-0.15, -0.1) is 0 Å². The van der Waals surface area contributed by atoms with Crippen LogP contribution in [0.3, 0.4) is 0 Å². The molecule has 0 saturated heterocycles. The highest BCUT2D eigenvalue weighted by Gasteiger charge is 2.54. The topological polar surface area (TPSA) is 176 Å². The van der Waals surface area contributed by atoms with E-state index in [1.54, 1.807) is 36.4 Å². The van der Waals surface area contributed by atoms with Gasteiger partial charge in [0.1, 0.15) is 49.8 Å². The van der Waals surface area contributed by atoms with Gasteiger partial charge >= 0.3 is 35.8 Å². The molecule has 14 nitrogen and oxygen atoms in total. The zero-order chi connectivity index (χ0) is 34.5. The van der Waals surface area contributed by atoms with Crippen molar-refractivity contribution < 1.29 is 66.7 Å². The van der Waals surface area contributed by atoms with E-state index < -0.39 is 77.9 Å². The van der Waals surface area contributed by atoms with E-state index in [-0.39, 0.29) is 26.1 Å². The summed E-state index contributed by atoms with van der Waals surface area (Å²) in [4.78, 5) is 73.0. The lowest BCUT2D eigenvalue weighted by molar-refractivity contribution is -0.169. The SMILES string of the molecule is COC(=O)C1(C(=O)OC)Cc2cc([C@@H]3C=C[C@H](OC(C)=O)[C@@H](COC(C)=O)O3)cc([C@@H]3C=C[C@H](OC(C)=O)[C@@H](COC(C)=O)O3)c2C1. The Morgan fingerprint density at radius 1 is 0.681 bits per heavy atom.